The number of anilines is 1. The molecule has 0 saturated heterocycles. The molecule has 2 aromatic rings. The minimum atomic E-state index is -0.504. The van der Waals surface area contributed by atoms with Crippen LogP contribution < -0.4 is 5.32 Å². The average Bonchev–Trinajstić information content (AvgIpc) is 3.48. The smallest absolute Gasteiger partial charge is 0.269 e. The Bertz CT molecular complexity index is 894. The number of carbonyl (C=O) groups is 2. The van der Waals surface area contributed by atoms with Gasteiger partial charge in [0.1, 0.15) is 0 Å². The molecule has 1 aliphatic rings. The fourth-order valence-corrected chi connectivity index (χ4v) is 2.81. The Balaban J connectivity index is 1.67. The van der Waals surface area contributed by atoms with Gasteiger partial charge in [0.15, 0.2) is 0 Å². The lowest BCUT2D eigenvalue weighted by atomic mass is 10.1. The number of nitro groups is 1. The van der Waals surface area contributed by atoms with Crippen LogP contribution in [0.5, 0.6) is 0 Å². The number of carbonyl (C=O) groups excluding carboxylic acids is 2. The summed E-state index contributed by atoms with van der Waals surface area (Å²) in [6, 6.07) is 10.8. The lowest BCUT2D eigenvalue weighted by Gasteiger charge is -2.18. The van der Waals surface area contributed by atoms with E-state index in [0.29, 0.717) is 21.8 Å². The third kappa shape index (κ3) is 4.62. The van der Waals surface area contributed by atoms with Crippen molar-refractivity contribution in [1.82, 2.24) is 4.90 Å². The molecule has 140 valence electrons. The molecule has 0 bridgehead atoms. The summed E-state index contributed by atoms with van der Waals surface area (Å²) in [5.41, 5.74) is 1.51. The molecule has 0 heterocycles. The summed E-state index contributed by atoms with van der Waals surface area (Å²) in [7, 11) is 1.60. The molecule has 1 aliphatic carbocycles. The summed E-state index contributed by atoms with van der Waals surface area (Å²) < 4.78 is 0. The summed E-state index contributed by atoms with van der Waals surface area (Å²) in [6.07, 6.45) is 1.85. The number of nitro benzene ring substituents is 1. The average molecular weight is 388 g/mol. The molecular formula is C19H18ClN3O4. The number of halogens is 1. The van der Waals surface area contributed by atoms with Crippen molar-refractivity contribution in [3.05, 3.63) is 68.7 Å². The van der Waals surface area contributed by atoms with Crippen molar-refractivity contribution in [2.75, 3.05) is 12.4 Å². The lowest BCUT2D eigenvalue weighted by molar-refractivity contribution is -0.384. The van der Waals surface area contributed by atoms with Crippen LogP contribution in [0.15, 0.2) is 42.5 Å². The van der Waals surface area contributed by atoms with Crippen LogP contribution in [0.3, 0.4) is 0 Å². The largest absolute Gasteiger partial charge is 0.337 e. The first-order valence-electron chi connectivity index (χ1n) is 8.44. The standard InChI is InChI=1S/C19H18ClN3O4/c1-22(11-14-10-16(23(26)27)8-9-17(14)20)19(25)13-4-6-15(7-5-13)21-18(24)12-2-3-12/h4-10,12H,2-3,11H2,1H3,(H,21,24). The molecule has 27 heavy (non-hydrogen) atoms. The highest BCUT2D eigenvalue weighted by atomic mass is 35.5. The summed E-state index contributed by atoms with van der Waals surface area (Å²) in [5.74, 6) is -0.138. The van der Waals surface area contributed by atoms with Crippen LogP contribution in [0.25, 0.3) is 0 Å². The Morgan fingerprint density at radius 1 is 1.22 bits per heavy atom. The molecule has 2 amide bonds. The van der Waals surface area contributed by atoms with Crippen LogP contribution in [0, 0.1) is 16.0 Å². The van der Waals surface area contributed by atoms with Gasteiger partial charge in [-0.2, -0.15) is 0 Å². The van der Waals surface area contributed by atoms with Crippen LogP contribution in [-0.2, 0) is 11.3 Å². The SMILES string of the molecule is CN(Cc1cc([N+](=O)[O-])ccc1Cl)C(=O)c1ccc(NC(=O)C2CC2)cc1. The van der Waals surface area contributed by atoms with Crippen molar-refractivity contribution < 1.29 is 14.5 Å². The zero-order valence-corrected chi connectivity index (χ0v) is 15.4. The van der Waals surface area contributed by atoms with Gasteiger partial charge in [0.05, 0.1) is 4.92 Å². The van der Waals surface area contributed by atoms with Gasteiger partial charge < -0.3 is 10.2 Å². The maximum Gasteiger partial charge on any atom is 0.269 e. The third-order valence-corrected chi connectivity index (χ3v) is 4.71. The lowest BCUT2D eigenvalue weighted by Crippen LogP contribution is -2.26. The van der Waals surface area contributed by atoms with Gasteiger partial charge in [0.25, 0.3) is 11.6 Å². The number of rotatable bonds is 6. The number of amides is 2. The van der Waals surface area contributed by atoms with E-state index in [0.717, 1.165) is 12.8 Å². The van der Waals surface area contributed by atoms with Gasteiger partial charge >= 0.3 is 0 Å². The molecule has 0 spiro atoms. The molecule has 8 heteroatoms. The van der Waals surface area contributed by atoms with E-state index in [1.54, 1.807) is 31.3 Å². The quantitative estimate of drug-likeness (QED) is 0.601. The topological polar surface area (TPSA) is 92.5 Å². The van der Waals surface area contributed by atoms with Crippen molar-refractivity contribution >= 4 is 34.8 Å². The van der Waals surface area contributed by atoms with E-state index < -0.39 is 4.92 Å². The summed E-state index contributed by atoms with van der Waals surface area (Å²) in [5, 5.41) is 14.1. The number of nitrogens with one attached hydrogen (secondary N) is 1. The second kappa shape index (κ2) is 7.75. The maximum atomic E-state index is 12.6. The molecule has 0 aliphatic heterocycles. The number of benzene rings is 2. The summed E-state index contributed by atoms with van der Waals surface area (Å²) >= 11 is 6.09. The van der Waals surface area contributed by atoms with Gasteiger partial charge in [-0.1, -0.05) is 11.6 Å². The van der Waals surface area contributed by atoms with Crippen LogP contribution in [0.1, 0.15) is 28.8 Å². The molecule has 0 aromatic heterocycles. The predicted octanol–water partition coefficient (Wildman–Crippen LogP) is 3.87. The van der Waals surface area contributed by atoms with Crippen molar-refractivity contribution in [1.29, 1.82) is 0 Å². The van der Waals surface area contributed by atoms with Crippen molar-refractivity contribution in [3.63, 3.8) is 0 Å². The van der Waals surface area contributed by atoms with E-state index in [4.69, 9.17) is 11.6 Å². The van der Waals surface area contributed by atoms with Gasteiger partial charge in [0.2, 0.25) is 5.91 Å². The Morgan fingerprint density at radius 3 is 2.48 bits per heavy atom. The normalized spacial score (nSPS) is 13.1. The first-order valence-corrected chi connectivity index (χ1v) is 8.82. The van der Waals surface area contributed by atoms with Crippen molar-refractivity contribution in [2.24, 2.45) is 5.92 Å². The summed E-state index contributed by atoms with van der Waals surface area (Å²) in [6.45, 7) is 0.138. The van der Waals surface area contributed by atoms with Crippen LogP contribution >= 0.6 is 11.6 Å². The van der Waals surface area contributed by atoms with E-state index in [1.807, 2.05) is 0 Å². The van der Waals surface area contributed by atoms with E-state index >= 15 is 0 Å². The van der Waals surface area contributed by atoms with Crippen LogP contribution in [0.4, 0.5) is 11.4 Å². The van der Waals surface area contributed by atoms with E-state index in [1.165, 1.54) is 23.1 Å². The number of hydrogen-bond acceptors (Lipinski definition) is 4. The third-order valence-electron chi connectivity index (χ3n) is 4.34. The Labute approximate surface area is 161 Å². The molecule has 0 atom stereocenters. The number of hydrogen-bond donors (Lipinski definition) is 1. The first-order chi connectivity index (χ1) is 12.8. The Kier molecular flexibility index (Phi) is 5.41. The van der Waals surface area contributed by atoms with Gasteiger partial charge in [-0.05, 0) is 48.7 Å². The minimum Gasteiger partial charge on any atom is -0.337 e. The molecule has 7 nitrogen and oxygen atoms in total. The van der Waals surface area contributed by atoms with Gasteiger partial charge in [-0.25, -0.2) is 0 Å². The summed E-state index contributed by atoms with van der Waals surface area (Å²) in [4.78, 5) is 36.2. The van der Waals surface area contributed by atoms with E-state index in [-0.39, 0.29) is 30.0 Å². The fraction of sp³-hybridized carbons (Fsp3) is 0.263. The van der Waals surface area contributed by atoms with Gasteiger partial charge in [-0.3, -0.25) is 19.7 Å². The molecule has 1 saturated carbocycles. The molecule has 3 rings (SSSR count). The van der Waals surface area contributed by atoms with Crippen molar-refractivity contribution in [2.45, 2.75) is 19.4 Å². The van der Waals surface area contributed by atoms with Gasteiger partial charge in [0, 0.05) is 47.9 Å². The second-order valence-corrected chi connectivity index (χ2v) is 6.94. The highest BCUT2D eigenvalue weighted by Crippen LogP contribution is 2.30. The highest BCUT2D eigenvalue weighted by Gasteiger charge is 2.29. The van der Waals surface area contributed by atoms with Gasteiger partial charge in [-0.15, -0.1) is 0 Å². The maximum absolute atomic E-state index is 12.6. The molecule has 1 N–H and O–H groups in total. The molecule has 0 radical (unpaired) electrons. The van der Waals surface area contributed by atoms with Crippen LogP contribution in [0.2, 0.25) is 5.02 Å². The molecular weight excluding hydrogens is 370 g/mol. The molecule has 1 fully saturated rings. The number of nitrogens with zero attached hydrogens (tertiary/aromatic N) is 2. The minimum absolute atomic E-state index is 0.00603. The van der Waals surface area contributed by atoms with E-state index in [9.17, 15) is 19.7 Å². The predicted molar refractivity (Wildman–Crippen MR) is 102 cm³/mol. The highest BCUT2D eigenvalue weighted by molar-refractivity contribution is 6.31. The zero-order valence-electron chi connectivity index (χ0n) is 14.6. The van der Waals surface area contributed by atoms with E-state index in [2.05, 4.69) is 5.32 Å². The second-order valence-electron chi connectivity index (χ2n) is 6.53. The van der Waals surface area contributed by atoms with Crippen LogP contribution in [-0.4, -0.2) is 28.7 Å². The first kappa shape index (κ1) is 18.8. The molecule has 0 unspecified atom stereocenters. The Hall–Kier alpha value is -2.93. The number of non-ortho nitro benzene ring substituents is 1. The Morgan fingerprint density at radius 2 is 1.89 bits per heavy atom. The monoisotopic (exact) mass is 387 g/mol. The molecule has 2 aromatic carbocycles. The van der Waals surface area contributed by atoms with Crippen molar-refractivity contribution in [3.8, 4) is 0 Å². The fourth-order valence-electron chi connectivity index (χ4n) is 2.63. The zero-order chi connectivity index (χ0) is 19.6.